The molecule has 0 aliphatic heterocycles. The van der Waals surface area contributed by atoms with E-state index in [1.807, 2.05) is 72.8 Å². The van der Waals surface area contributed by atoms with Gasteiger partial charge in [0.1, 0.15) is 18.2 Å². The lowest BCUT2D eigenvalue weighted by Gasteiger charge is -2.09. The van der Waals surface area contributed by atoms with Crippen molar-refractivity contribution in [3.63, 3.8) is 0 Å². The van der Waals surface area contributed by atoms with Crippen LogP contribution >= 0.6 is 0 Å². The van der Waals surface area contributed by atoms with Crippen molar-refractivity contribution in [3.8, 4) is 22.9 Å². The lowest BCUT2D eigenvalue weighted by molar-refractivity contribution is 0.0992. The third kappa shape index (κ3) is 4.29. The predicted octanol–water partition coefficient (Wildman–Crippen LogP) is 5.66. The second-order valence-corrected chi connectivity index (χ2v) is 7.31. The Morgan fingerprint density at radius 1 is 0.939 bits per heavy atom. The minimum Gasteiger partial charge on any atom is -0.493 e. The number of methoxy groups -OCH3 is 1. The first-order chi connectivity index (χ1) is 16.2. The molecule has 5 aromatic rings. The number of hydrogen-bond acceptors (Lipinski definition) is 5. The third-order valence-electron chi connectivity index (χ3n) is 5.14. The highest BCUT2D eigenvalue weighted by Gasteiger charge is 2.16. The summed E-state index contributed by atoms with van der Waals surface area (Å²) in [6.45, 7) is 0.170. The number of aromatic amines is 1. The van der Waals surface area contributed by atoms with Gasteiger partial charge in [0, 0.05) is 5.56 Å². The van der Waals surface area contributed by atoms with Crippen LogP contribution in [0.25, 0.3) is 22.4 Å². The van der Waals surface area contributed by atoms with Crippen molar-refractivity contribution < 1.29 is 18.7 Å². The van der Waals surface area contributed by atoms with Crippen molar-refractivity contribution in [2.24, 2.45) is 0 Å². The highest BCUT2D eigenvalue weighted by atomic mass is 16.5. The number of aromatic nitrogens is 2. The Kier molecular flexibility index (Phi) is 5.51. The number of amides is 1. The molecule has 2 heterocycles. The molecule has 0 fully saturated rings. The summed E-state index contributed by atoms with van der Waals surface area (Å²) in [5, 5.41) is 2.92. The zero-order chi connectivity index (χ0) is 22.6. The van der Waals surface area contributed by atoms with Crippen LogP contribution in [0.3, 0.4) is 0 Å². The molecular weight excluding hydrogens is 418 g/mol. The number of carbonyl (C=O) groups is 1. The van der Waals surface area contributed by atoms with Gasteiger partial charge in [0.15, 0.2) is 17.3 Å². The summed E-state index contributed by atoms with van der Waals surface area (Å²) < 4.78 is 16.8. The second-order valence-electron chi connectivity index (χ2n) is 7.31. The zero-order valence-corrected chi connectivity index (χ0v) is 17.9. The van der Waals surface area contributed by atoms with Crippen LogP contribution in [0, 0.1) is 0 Å². The Balaban J connectivity index is 1.31. The average molecular weight is 439 g/mol. The lowest BCUT2D eigenvalue weighted by atomic mass is 10.1. The molecule has 0 aliphatic carbocycles. The van der Waals surface area contributed by atoms with Crippen molar-refractivity contribution in [3.05, 3.63) is 96.4 Å². The van der Waals surface area contributed by atoms with Gasteiger partial charge in [-0.3, -0.25) is 4.79 Å². The molecule has 7 heteroatoms. The molecule has 0 aliphatic rings. The summed E-state index contributed by atoms with van der Waals surface area (Å²) in [6, 6.07) is 26.0. The Hall–Kier alpha value is -4.52. The van der Waals surface area contributed by atoms with Gasteiger partial charge in [-0.25, -0.2) is 4.98 Å². The second kappa shape index (κ2) is 8.92. The van der Waals surface area contributed by atoms with E-state index in [4.69, 9.17) is 13.9 Å². The number of imidazole rings is 1. The highest BCUT2D eigenvalue weighted by molar-refractivity contribution is 6.04. The quantitative estimate of drug-likeness (QED) is 0.341. The van der Waals surface area contributed by atoms with Crippen LogP contribution in [0.15, 0.2) is 89.3 Å². The molecule has 2 N–H and O–H groups in total. The third-order valence-corrected chi connectivity index (χ3v) is 5.14. The van der Waals surface area contributed by atoms with Gasteiger partial charge >= 0.3 is 0 Å². The number of hydrogen-bond donors (Lipinski definition) is 2. The normalized spacial score (nSPS) is 10.8. The molecule has 7 nitrogen and oxygen atoms in total. The molecule has 0 spiro atoms. The fourth-order valence-corrected chi connectivity index (χ4v) is 3.53. The standard InChI is InChI=1S/C26H21N3O4/c1-31-22-12-6-7-13-23(22)32-16-17-14-15-24(33-17)26(30)29-19-9-3-2-8-18(19)25-27-20-10-4-5-11-21(20)28-25/h2-15H,16H2,1H3,(H,27,28)(H,29,30). The Morgan fingerprint density at radius 3 is 2.55 bits per heavy atom. The monoisotopic (exact) mass is 439 g/mol. The van der Waals surface area contributed by atoms with E-state index in [1.54, 1.807) is 19.2 Å². The number of furan rings is 1. The molecule has 5 rings (SSSR count). The van der Waals surface area contributed by atoms with Gasteiger partial charge in [-0.15, -0.1) is 0 Å². The molecule has 0 radical (unpaired) electrons. The number of fused-ring (bicyclic) bond motifs is 1. The van der Waals surface area contributed by atoms with E-state index in [0.717, 1.165) is 16.6 Å². The topological polar surface area (TPSA) is 89.4 Å². The first-order valence-corrected chi connectivity index (χ1v) is 10.4. The molecule has 0 unspecified atom stereocenters. The number of nitrogens with one attached hydrogen (secondary N) is 2. The van der Waals surface area contributed by atoms with E-state index in [9.17, 15) is 4.79 Å². The maximum atomic E-state index is 12.9. The molecule has 0 bridgehead atoms. The van der Waals surface area contributed by atoms with E-state index in [1.165, 1.54) is 0 Å². The molecule has 164 valence electrons. The van der Waals surface area contributed by atoms with Crippen LogP contribution < -0.4 is 14.8 Å². The van der Waals surface area contributed by atoms with Gasteiger partial charge in [0.2, 0.25) is 0 Å². The van der Waals surface area contributed by atoms with E-state index < -0.39 is 0 Å². The Labute approximate surface area is 190 Å². The maximum absolute atomic E-state index is 12.9. The SMILES string of the molecule is COc1ccccc1OCc1ccc(C(=O)Nc2ccccc2-c2nc3ccccc3[nH]2)o1. The number of benzene rings is 3. The molecular formula is C26H21N3O4. The van der Waals surface area contributed by atoms with Gasteiger partial charge in [-0.1, -0.05) is 36.4 Å². The smallest absolute Gasteiger partial charge is 0.291 e. The predicted molar refractivity (Wildman–Crippen MR) is 126 cm³/mol. The summed E-state index contributed by atoms with van der Waals surface area (Å²) in [5.41, 5.74) is 3.21. The molecule has 0 saturated carbocycles. The summed E-state index contributed by atoms with van der Waals surface area (Å²) in [7, 11) is 1.58. The summed E-state index contributed by atoms with van der Waals surface area (Å²) in [5.74, 6) is 2.26. The fraction of sp³-hybridized carbons (Fsp3) is 0.0769. The van der Waals surface area contributed by atoms with Gasteiger partial charge in [0.05, 0.1) is 23.8 Å². The van der Waals surface area contributed by atoms with Crippen molar-refractivity contribution in [2.45, 2.75) is 6.61 Å². The largest absolute Gasteiger partial charge is 0.493 e. The molecule has 3 aromatic carbocycles. The lowest BCUT2D eigenvalue weighted by Crippen LogP contribution is -2.11. The minimum atomic E-state index is -0.359. The van der Waals surface area contributed by atoms with Crippen LogP contribution in [0.4, 0.5) is 5.69 Å². The van der Waals surface area contributed by atoms with Crippen molar-refractivity contribution in [1.29, 1.82) is 0 Å². The van der Waals surface area contributed by atoms with E-state index in [-0.39, 0.29) is 18.3 Å². The number of anilines is 1. The van der Waals surface area contributed by atoms with Gasteiger partial charge < -0.3 is 24.2 Å². The molecule has 33 heavy (non-hydrogen) atoms. The van der Waals surface area contributed by atoms with Crippen LogP contribution in [0.2, 0.25) is 0 Å². The first-order valence-electron chi connectivity index (χ1n) is 10.4. The number of carbonyl (C=O) groups excluding carboxylic acids is 1. The summed E-state index contributed by atoms with van der Waals surface area (Å²) >= 11 is 0. The van der Waals surface area contributed by atoms with E-state index in [2.05, 4.69) is 15.3 Å². The Bertz CT molecular complexity index is 1390. The molecule has 0 saturated heterocycles. The zero-order valence-electron chi connectivity index (χ0n) is 17.9. The number of ether oxygens (including phenoxy) is 2. The van der Waals surface area contributed by atoms with Crippen molar-refractivity contribution >= 4 is 22.6 Å². The van der Waals surface area contributed by atoms with Gasteiger partial charge in [-0.2, -0.15) is 0 Å². The summed E-state index contributed by atoms with van der Waals surface area (Å²) in [6.07, 6.45) is 0. The van der Waals surface area contributed by atoms with Crippen LogP contribution in [-0.2, 0) is 6.61 Å². The number of H-pyrrole nitrogens is 1. The first kappa shape index (κ1) is 20.4. The summed E-state index contributed by atoms with van der Waals surface area (Å²) in [4.78, 5) is 20.8. The van der Waals surface area contributed by atoms with Gasteiger partial charge in [-0.05, 0) is 48.5 Å². The van der Waals surface area contributed by atoms with Crippen LogP contribution in [0.1, 0.15) is 16.3 Å². The average Bonchev–Trinajstić information content (AvgIpc) is 3.50. The van der Waals surface area contributed by atoms with Crippen molar-refractivity contribution in [1.82, 2.24) is 9.97 Å². The van der Waals surface area contributed by atoms with Gasteiger partial charge in [0.25, 0.3) is 5.91 Å². The number of para-hydroxylation sites is 5. The Morgan fingerprint density at radius 2 is 1.70 bits per heavy atom. The van der Waals surface area contributed by atoms with E-state index in [0.29, 0.717) is 28.8 Å². The highest BCUT2D eigenvalue weighted by Crippen LogP contribution is 2.29. The molecule has 1 amide bonds. The molecule has 0 atom stereocenters. The van der Waals surface area contributed by atoms with Crippen LogP contribution in [0.5, 0.6) is 11.5 Å². The minimum absolute atomic E-state index is 0.170. The molecule has 2 aromatic heterocycles. The fourth-order valence-electron chi connectivity index (χ4n) is 3.53. The number of rotatable bonds is 7. The van der Waals surface area contributed by atoms with E-state index >= 15 is 0 Å². The maximum Gasteiger partial charge on any atom is 0.291 e. The van der Waals surface area contributed by atoms with Crippen LogP contribution in [-0.4, -0.2) is 23.0 Å². The van der Waals surface area contributed by atoms with Crippen molar-refractivity contribution in [2.75, 3.05) is 12.4 Å². The number of nitrogens with zero attached hydrogens (tertiary/aromatic N) is 1.